The van der Waals surface area contributed by atoms with Gasteiger partial charge in [-0.15, -0.1) is 5.10 Å². The van der Waals surface area contributed by atoms with E-state index in [1.165, 1.54) is 11.1 Å². The fourth-order valence-electron chi connectivity index (χ4n) is 2.73. The first-order valence-corrected chi connectivity index (χ1v) is 6.52. The molecule has 1 aliphatic heterocycles. The fraction of sp³-hybridized carbons (Fsp3) is 0.429. The highest BCUT2D eigenvalue weighted by Gasteiger charge is 2.23. The number of ether oxygens (including phenoxy) is 1. The second kappa shape index (κ2) is 5.01. The van der Waals surface area contributed by atoms with Crippen LogP contribution in [0.25, 0.3) is 0 Å². The Morgan fingerprint density at radius 3 is 3.11 bits per heavy atom. The highest BCUT2D eigenvalue weighted by atomic mass is 16.5. The van der Waals surface area contributed by atoms with Crippen LogP contribution >= 0.6 is 0 Å². The van der Waals surface area contributed by atoms with Crippen molar-refractivity contribution in [2.75, 3.05) is 13.7 Å². The third-order valence-corrected chi connectivity index (χ3v) is 3.59. The molecule has 1 atom stereocenters. The van der Waals surface area contributed by atoms with Crippen LogP contribution in [0.5, 0.6) is 5.75 Å². The Morgan fingerprint density at radius 2 is 2.37 bits per heavy atom. The van der Waals surface area contributed by atoms with E-state index in [0.717, 1.165) is 30.8 Å². The Morgan fingerprint density at radius 1 is 1.47 bits per heavy atom. The first kappa shape index (κ1) is 12.2. The molecule has 0 aliphatic carbocycles. The number of hydrogen-bond donors (Lipinski definition) is 1. The lowest BCUT2D eigenvalue weighted by atomic mass is 9.91. The van der Waals surface area contributed by atoms with Gasteiger partial charge < -0.3 is 10.1 Å². The van der Waals surface area contributed by atoms with Gasteiger partial charge in [0.1, 0.15) is 5.75 Å². The number of fused-ring (bicyclic) bond motifs is 1. The van der Waals surface area contributed by atoms with Crippen LogP contribution in [-0.2, 0) is 19.9 Å². The number of benzene rings is 1. The van der Waals surface area contributed by atoms with Crippen LogP contribution < -0.4 is 10.1 Å². The number of rotatable bonds is 3. The van der Waals surface area contributed by atoms with Gasteiger partial charge in [0.25, 0.3) is 0 Å². The molecule has 0 fully saturated rings. The summed E-state index contributed by atoms with van der Waals surface area (Å²) in [5, 5.41) is 11.7. The van der Waals surface area contributed by atoms with Crippen molar-refractivity contribution in [1.29, 1.82) is 0 Å². The largest absolute Gasteiger partial charge is 0.496 e. The van der Waals surface area contributed by atoms with E-state index in [0.29, 0.717) is 0 Å². The van der Waals surface area contributed by atoms with Gasteiger partial charge in [-0.2, -0.15) is 0 Å². The first-order chi connectivity index (χ1) is 9.28. The maximum absolute atomic E-state index is 5.46. The van der Waals surface area contributed by atoms with Gasteiger partial charge in [0.2, 0.25) is 0 Å². The zero-order valence-electron chi connectivity index (χ0n) is 11.3. The van der Waals surface area contributed by atoms with Crippen LogP contribution in [-0.4, -0.2) is 28.6 Å². The molecule has 0 saturated heterocycles. The number of methoxy groups -OCH3 is 1. The summed E-state index contributed by atoms with van der Waals surface area (Å²) in [6, 6.07) is 6.54. The van der Waals surface area contributed by atoms with Crippen LogP contribution in [0.4, 0.5) is 0 Å². The van der Waals surface area contributed by atoms with Crippen LogP contribution in [0, 0.1) is 0 Å². The molecule has 0 amide bonds. The Balaban J connectivity index is 1.90. The maximum Gasteiger partial charge on any atom is 0.122 e. The molecule has 0 bridgehead atoms. The van der Waals surface area contributed by atoms with E-state index < -0.39 is 0 Å². The molecule has 1 aromatic heterocycles. The van der Waals surface area contributed by atoms with Gasteiger partial charge in [0.05, 0.1) is 12.8 Å². The zero-order chi connectivity index (χ0) is 13.2. The van der Waals surface area contributed by atoms with Gasteiger partial charge in [-0.3, -0.25) is 4.68 Å². The third kappa shape index (κ3) is 2.33. The van der Waals surface area contributed by atoms with Crippen molar-refractivity contribution in [3.05, 3.63) is 41.2 Å². The Labute approximate surface area is 112 Å². The van der Waals surface area contributed by atoms with Crippen molar-refractivity contribution >= 4 is 0 Å². The lowest BCUT2D eigenvalue weighted by Crippen LogP contribution is -2.31. The molecule has 5 nitrogen and oxygen atoms in total. The summed E-state index contributed by atoms with van der Waals surface area (Å²) in [4.78, 5) is 0. The normalized spacial score (nSPS) is 18.1. The van der Waals surface area contributed by atoms with Crippen molar-refractivity contribution < 1.29 is 4.74 Å². The molecule has 0 saturated carbocycles. The predicted octanol–water partition coefficient (Wildman–Crippen LogP) is 1.25. The van der Waals surface area contributed by atoms with Crippen molar-refractivity contribution in [2.45, 2.75) is 18.9 Å². The van der Waals surface area contributed by atoms with Crippen molar-refractivity contribution in [3.8, 4) is 5.75 Å². The highest BCUT2D eigenvalue weighted by molar-refractivity contribution is 5.43. The van der Waals surface area contributed by atoms with Gasteiger partial charge >= 0.3 is 0 Å². The third-order valence-electron chi connectivity index (χ3n) is 3.59. The minimum Gasteiger partial charge on any atom is -0.496 e. The van der Waals surface area contributed by atoms with E-state index in [2.05, 4.69) is 21.7 Å². The Kier molecular flexibility index (Phi) is 3.21. The smallest absolute Gasteiger partial charge is 0.122 e. The number of aryl methyl sites for hydroxylation is 1. The Bertz CT molecular complexity index is 579. The molecule has 1 unspecified atom stereocenters. The van der Waals surface area contributed by atoms with Crippen molar-refractivity contribution in [3.63, 3.8) is 0 Å². The molecule has 5 heteroatoms. The molecule has 19 heavy (non-hydrogen) atoms. The van der Waals surface area contributed by atoms with Gasteiger partial charge in [-0.1, -0.05) is 17.3 Å². The maximum atomic E-state index is 5.46. The summed E-state index contributed by atoms with van der Waals surface area (Å²) < 4.78 is 7.20. The van der Waals surface area contributed by atoms with E-state index in [9.17, 15) is 0 Å². The summed E-state index contributed by atoms with van der Waals surface area (Å²) in [6.07, 6.45) is 3.83. The molecule has 1 N–H and O–H groups in total. The zero-order valence-corrected chi connectivity index (χ0v) is 11.3. The molecule has 0 radical (unpaired) electrons. The van der Waals surface area contributed by atoms with Crippen LogP contribution in [0.3, 0.4) is 0 Å². The fourth-order valence-corrected chi connectivity index (χ4v) is 2.73. The quantitative estimate of drug-likeness (QED) is 0.900. The topological polar surface area (TPSA) is 52.0 Å². The van der Waals surface area contributed by atoms with E-state index >= 15 is 0 Å². The average molecular weight is 258 g/mol. The number of nitrogens with zero attached hydrogens (tertiary/aromatic N) is 3. The summed E-state index contributed by atoms with van der Waals surface area (Å²) >= 11 is 0. The Hall–Kier alpha value is -1.88. The second-order valence-electron chi connectivity index (χ2n) is 4.87. The average Bonchev–Trinajstić information content (AvgIpc) is 2.84. The van der Waals surface area contributed by atoms with Crippen LogP contribution in [0.2, 0.25) is 0 Å². The number of hydrogen-bond acceptors (Lipinski definition) is 4. The molecule has 3 rings (SSSR count). The van der Waals surface area contributed by atoms with Crippen LogP contribution in [0.1, 0.15) is 22.9 Å². The minimum absolute atomic E-state index is 0.288. The molecule has 1 aromatic carbocycles. The van der Waals surface area contributed by atoms with Gasteiger partial charge in [0.15, 0.2) is 0 Å². The SMILES string of the molecule is COc1cccc2c1CCNC2Cc1cn(C)nn1. The molecule has 0 spiro atoms. The summed E-state index contributed by atoms with van der Waals surface area (Å²) in [7, 11) is 3.62. The van der Waals surface area contributed by atoms with E-state index in [-0.39, 0.29) is 6.04 Å². The predicted molar refractivity (Wildman–Crippen MR) is 72.1 cm³/mol. The van der Waals surface area contributed by atoms with Gasteiger partial charge in [-0.25, -0.2) is 0 Å². The van der Waals surface area contributed by atoms with Gasteiger partial charge in [0, 0.05) is 31.3 Å². The minimum atomic E-state index is 0.288. The molecular formula is C14H18N4O. The molecule has 2 aromatic rings. The molecule has 1 aliphatic rings. The monoisotopic (exact) mass is 258 g/mol. The van der Waals surface area contributed by atoms with Crippen LogP contribution in [0.15, 0.2) is 24.4 Å². The van der Waals surface area contributed by atoms with Gasteiger partial charge in [-0.05, 0) is 24.6 Å². The van der Waals surface area contributed by atoms with E-state index in [1.54, 1.807) is 11.8 Å². The first-order valence-electron chi connectivity index (χ1n) is 6.52. The van der Waals surface area contributed by atoms with E-state index in [1.807, 2.05) is 25.4 Å². The second-order valence-corrected chi connectivity index (χ2v) is 4.87. The van der Waals surface area contributed by atoms with Crippen molar-refractivity contribution in [1.82, 2.24) is 20.3 Å². The highest BCUT2D eigenvalue weighted by Crippen LogP contribution is 2.31. The van der Waals surface area contributed by atoms with Crippen molar-refractivity contribution in [2.24, 2.45) is 7.05 Å². The summed E-state index contributed by atoms with van der Waals surface area (Å²) in [5.74, 6) is 0.989. The summed E-state index contributed by atoms with van der Waals surface area (Å²) in [5.41, 5.74) is 3.64. The van der Waals surface area contributed by atoms with E-state index in [4.69, 9.17) is 4.74 Å². The standard InChI is InChI=1S/C14H18N4O/c1-18-9-10(16-17-18)8-13-11-4-3-5-14(19-2)12(11)6-7-15-13/h3-5,9,13,15H,6-8H2,1-2H3. The number of nitrogens with one attached hydrogen (secondary N) is 1. The lowest BCUT2D eigenvalue weighted by Gasteiger charge is -2.27. The molecule has 2 heterocycles. The molecular weight excluding hydrogens is 240 g/mol. The molecule has 100 valence electrons. The summed E-state index contributed by atoms with van der Waals surface area (Å²) in [6.45, 7) is 0.971. The number of aromatic nitrogens is 3. The lowest BCUT2D eigenvalue weighted by molar-refractivity contribution is 0.400.